The molecule has 0 radical (unpaired) electrons. The number of rotatable bonds is 2. The Morgan fingerprint density at radius 3 is 2.29 bits per heavy atom. The Hall–Kier alpha value is -2.43. The molecule has 1 amide bonds. The fourth-order valence-electron chi connectivity index (χ4n) is 1.80. The Kier molecular flexibility index (Phi) is 3.93. The van der Waals surface area contributed by atoms with Crippen LogP contribution < -0.4 is 10.9 Å². The fourth-order valence-corrected chi connectivity index (χ4v) is 1.80. The SMILES string of the molecule is CC(C)(C)NC(=O)c1cc(-c2ccc(F)cc2)cc(=O)o1. The lowest BCUT2D eigenvalue weighted by molar-refractivity contribution is 0.0886. The Labute approximate surface area is 121 Å². The lowest BCUT2D eigenvalue weighted by atomic mass is 10.1. The average Bonchev–Trinajstić information content (AvgIpc) is 2.36. The second kappa shape index (κ2) is 5.52. The van der Waals surface area contributed by atoms with Gasteiger partial charge in [-0.3, -0.25) is 4.79 Å². The number of hydrogen-bond donors (Lipinski definition) is 1. The van der Waals surface area contributed by atoms with E-state index in [1.807, 2.05) is 20.8 Å². The largest absolute Gasteiger partial charge is 0.417 e. The lowest BCUT2D eigenvalue weighted by Gasteiger charge is -2.19. The molecular weight excluding hydrogens is 273 g/mol. The molecule has 0 bridgehead atoms. The van der Waals surface area contributed by atoms with Gasteiger partial charge in [0.15, 0.2) is 5.76 Å². The lowest BCUT2D eigenvalue weighted by Crippen LogP contribution is -2.40. The monoisotopic (exact) mass is 289 g/mol. The number of nitrogens with one attached hydrogen (secondary N) is 1. The number of carbonyl (C=O) groups excluding carboxylic acids is 1. The molecule has 0 aliphatic heterocycles. The molecule has 0 fully saturated rings. The van der Waals surface area contributed by atoms with Gasteiger partial charge in [-0.1, -0.05) is 12.1 Å². The van der Waals surface area contributed by atoms with Gasteiger partial charge in [-0.2, -0.15) is 0 Å². The van der Waals surface area contributed by atoms with Crippen LogP contribution in [0.3, 0.4) is 0 Å². The zero-order chi connectivity index (χ0) is 15.6. The summed E-state index contributed by atoms with van der Waals surface area (Å²) in [6.07, 6.45) is 0. The van der Waals surface area contributed by atoms with Crippen LogP contribution in [0.15, 0.2) is 45.6 Å². The van der Waals surface area contributed by atoms with Gasteiger partial charge in [-0.25, -0.2) is 9.18 Å². The molecule has 2 aromatic rings. The summed E-state index contributed by atoms with van der Waals surface area (Å²) >= 11 is 0. The van der Waals surface area contributed by atoms with Crippen LogP contribution in [0.25, 0.3) is 11.1 Å². The van der Waals surface area contributed by atoms with Crippen LogP contribution in [0.1, 0.15) is 31.3 Å². The number of carbonyl (C=O) groups is 1. The summed E-state index contributed by atoms with van der Waals surface area (Å²) in [6, 6.07) is 8.39. The van der Waals surface area contributed by atoms with Crippen LogP contribution in [0.2, 0.25) is 0 Å². The van der Waals surface area contributed by atoms with Gasteiger partial charge in [-0.15, -0.1) is 0 Å². The molecule has 21 heavy (non-hydrogen) atoms. The summed E-state index contributed by atoms with van der Waals surface area (Å²) < 4.78 is 17.9. The average molecular weight is 289 g/mol. The minimum absolute atomic E-state index is 0.0725. The van der Waals surface area contributed by atoms with Crippen LogP contribution in [0, 0.1) is 5.82 Å². The maximum absolute atomic E-state index is 12.9. The molecule has 4 nitrogen and oxygen atoms in total. The van der Waals surface area contributed by atoms with E-state index < -0.39 is 17.1 Å². The molecule has 0 saturated carbocycles. The van der Waals surface area contributed by atoms with Crippen molar-refractivity contribution in [2.24, 2.45) is 0 Å². The van der Waals surface area contributed by atoms with Gasteiger partial charge in [0.05, 0.1) is 0 Å². The van der Waals surface area contributed by atoms with E-state index in [-0.39, 0.29) is 11.6 Å². The molecule has 1 aromatic carbocycles. The van der Waals surface area contributed by atoms with E-state index in [1.165, 1.54) is 36.4 Å². The molecule has 0 aliphatic rings. The Balaban J connectivity index is 2.40. The van der Waals surface area contributed by atoms with E-state index in [4.69, 9.17) is 4.42 Å². The van der Waals surface area contributed by atoms with E-state index in [0.717, 1.165) is 0 Å². The van der Waals surface area contributed by atoms with E-state index >= 15 is 0 Å². The van der Waals surface area contributed by atoms with Crippen LogP contribution in [0.5, 0.6) is 0 Å². The van der Waals surface area contributed by atoms with Crippen molar-refractivity contribution < 1.29 is 13.6 Å². The number of benzene rings is 1. The molecule has 2 rings (SSSR count). The van der Waals surface area contributed by atoms with E-state index in [1.54, 1.807) is 0 Å². The van der Waals surface area contributed by atoms with Crippen LogP contribution >= 0.6 is 0 Å². The van der Waals surface area contributed by atoms with Crippen LogP contribution in [-0.4, -0.2) is 11.4 Å². The van der Waals surface area contributed by atoms with Gasteiger partial charge >= 0.3 is 5.63 Å². The third kappa shape index (κ3) is 4.02. The molecule has 110 valence electrons. The molecule has 1 heterocycles. The minimum Gasteiger partial charge on any atom is -0.417 e. The van der Waals surface area contributed by atoms with Gasteiger partial charge in [0, 0.05) is 11.6 Å². The molecule has 0 spiro atoms. The standard InChI is InChI=1S/C16H16FNO3/c1-16(2,3)18-15(20)13-8-11(9-14(19)21-13)10-4-6-12(17)7-5-10/h4-9H,1-3H3,(H,18,20). The number of halogens is 1. The molecule has 1 aromatic heterocycles. The van der Waals surface area contributed by atoms with Gasteiger partial charge in [-0.05, 0) is 50.1 Å². The topological polar surface area (TPSA) is 59.3 Å². The van der Waals surface area contributed by atoms with Gasteiger partial charge in [0.2, 0.25) is 0 Å². The van der Waals surface area contributed by atoms with Gasteiger partial charge in [0.1, 0.15) is 5.82 Å². The highest BCUT2D eigenvalue weighted by Crippen LogP contribution is 2.19. The fraction of sp³-hybridized carbons (Fsp3) is 0.250. The summed E-state index contributed by atoms with van der Waals surface area (Å²) in [5, 5.41) is 2.72. The maximum Gasteiger partial charge on any atom is 0.336 e. The first-order valence-electron chi connectivity index (χ1n) is 6.48. The summed E-state index contributed by atoms with van der Waals surface area (Å²) in [4.78, 5) is 23.6. The summed E-state index contributed by atoms with van der Waals surface area (Å²) in [5.41, 5.74) is 0.0666. The van der Waals surface area contributed by atoms with Crippen molar-refractivity contribution in [1.29, 1.82) is 0 Å². The van der Waals surface area contributed by atoms with Crippen molar-refractivity contribution in [3.63, 3.8) is 0 Å². The zero-order valence-electron chi connectivity index (χ0n) is 12.1. The van der Waals surface area contributed by atoms with Crippen molar-refractivity contribution in [2.75, 3.05) is 0 Å². The minimum atomic E-state index is -0.629. The van der Waals surface area contributed by atoms with Gasteiger partial charge < -0.3 is 9.73 Å². The third-order valence-corrected chi connectivity index (χ3v) is 2.66. The Morgan fingerprint density at radius 2 is 1.71 bits per heavy atom. The molecule has 0 unspecified atom stereocenters. The molecule has 5 heteroatoms. The van der Waals surface area contributed by atoms with E-state index in [2.05, 4.69) is 5.32 Å². The number of hydrogen-bond acceptors (Lipinski definition) is 3. The van der Waals surface area contributed by atoms with Crippen molar-refractivity contribution in [3.05, 3.63) is 58.4 Å². The third-order valence-electron chi connectivity index (χ3n) is 2.66. The first kappa shape index (κ1) is 15.0. The maximum atomic E-state index is 12.9. The quantitative estimate of drug-likeness (QED) is 0.924. The van der Waals surface area contributed by atoms with Crippen molar-refractivity contribution >= 4 is 5.91 Å². The highest BCUT2D eigenvalue weighted by molar-refractivity contribution is 5.92. The zero-order valence-corrected chi connectivity index (χ0v) is 12.1. The van der Waals surface area contributed by atoms with E-state index in [0.29, 0.717) is 11.1 Å². The highest BCUT2D eigenvalue weighted by Gasteiger charge is 2.18. The molecule has 0 saturated heterocycles. The second-order valence-electron chi connectivity index (χ2n) is 5.74. The predicted octanol–water partition coefficient (Wildman–Crippen LogP) is 2.97. The van der Waals surface area contributed by atoms with Crippen LogP contribution in [-0.2, 0) is 0 Å². The van der Waals surface area contributed by atoms with E-state index in [9.17, 15) is 14.0 Å². The number of amides is 1. The first-order valence-corrected chi connectivity index (χ1v) is 6.48. The second-order valence-corrected chi connectivity index (χ2v) is 5.74. The molecular formula is C16H16FNO3. The summed E-state index contributed by atoms with van der Waals surface area (Å²) in [7, 11) is 0. The summed E-state index contributed by atoms with van der Waals surface area (Å²) in [5.74, 6) is -0.910. The van der Waals surface area contributed by atoms with Gasteiger partial charge in [0.25, 0.3) is 5.91 Å². The predicted molar refractivity (Wildman–Crippen MR) is 77.6 cm³/mol. The molecule has 0 atom stereocenters. The van der Waals surface area contributed by atoms with Crippen molar-refractivity contribution in [2.45, 2.75) is 26.3 Å². The first-order chi connectivity index (χ1) is 9.74. The molecule has 0 aliphatic carbocycles. The Morgan fingerprint density at radius 1 is 1.10 bits per heavy atom. The van der Waals surface area contributed by atoms with Crippen molar-refractivity contribution in [1.82, 2.24) is 5.32 Å². The smallest absolute Gasteiger partial charge is 0.336 e. The highest BCUT2D eigenvalue weighted by atomic mass is 19.1. The molecule has 1 N–H and O–H groups in total. The normalized spacial score (nSPS) is 11.2. The Bertz CT molecular complexity index is 712. The van der Waals surface area contributed by atoms with Crippen LogP contribution in [0.4, 0.5) is 4.39 Å². The van der Waals surface area contributed by atoms with Crippen molar-refractivity contribution in [3.8, 4) is 11.1 Å². The summed E-state index contributed by atoms with van der Waals surface area (Å²) in [6.45, 7) is 5.48.